The summed E-state index contributed by atoms with van der Waals surface area (Å²) in [6.45, 7) is 4.26. The molecule has 0 aromatic heterocycles. The minimum Gasteiger partial charge on any atom is -0.348 e. The van der Waals surface area contributed by atoms with Crippen LogP contribution in [0.3, 0.4) is 0 Å². The number of benzene rings is 1. The van der Waals surface area contributed by atoms with Crippen molar-refractivity contribution in [2.24, 2.45) is 4.99 Å². The first kappa shape index (κ1) is 17.0. The van der Waals surface area contributed by atoms with Crippen LogP contribution in [0.4, 0.5) is 0 Å². The lowest BCUT2D eigenvalue weighted by molar-refractivity contribution is -0.113. The van der Waals surface area contributed by atoms with Gasteiger partial charge in [-0.15, -0.1) is 0 Å². The molecule has 0 N–H and O–H groups in total. The van der Waals surface area contributed by atoms with Crippen molar-refractivity contribution in [2.75, 3.05) is 32.7 Å². The van der Waals surface area contributed by atoms with E-state index >= 15 is 0 Å². The highest BCUT2D eigenvalue weighted by Crippen LogP contribution is 2.30. The molecule has 124 valence electrons. The predicted molar refractivity (Wildman–Crippen MR) is 97.7 cm³/mol. The van der Waals surface area contributed by atoms with Crippen LogP contribution in [0.1, 0.15) is 12.0 Å². The standard InChI is InChI=1S/C17H17ClN4OS/c18-14-4-2-13(3-5-14)12-15-16(23)20-17(24-15)22-10-8-21(9-11-22)7-1-6-19/h2-5,12H,1,7-11H2/b15-12-. The van der Waals surface area contributed by atoms with Crippen molar-refractivity contribution in [1.82, 2.24) is 9.80 Å². The molecule has 1 aromatic rings. The Bertz CT molecular complexity index is 715. The zero-order valence-electron chi connectivity index (χ0n) is 13.1. The van der Waals surface area contributed by atoms with Crippen LogP contribution in [0.2, 0.25) is 5.02 Å². The summed E-state index contributed by atoms with van der Waals surface area (Å²) in [4.78, 5) is 21.4. The maximum Gasteiger partial charge on any atom is 0.286 e. The normalized spacial score (nSPS) is 20.3. The number of piperazine rings is 1. The van der Waals surface area contributed by atoms with Crippen molar-refractivity contribution in [3.05, 3.63) is 39.8 Å². The molecule has 1 aromatic carbocycles. The number of rotatable bonds is 3. The SMILES string of the molecule is N#CCCN1CCN(C2=NC(=O)/C(=C/c3ccc(Cl)cc3)S2)CC1. The molecule has 7 heteroatoms. The molecule has 0 atom stereocenters. The molecule has 0 unspecified atom stereocenters. The number of amidine groups is 1. The smallest absolute Gasteiger partial charge is 0.286 e. The third-order valence-corrected chi connectivity index (χ3v) is 5.26. The van der Waals surface area contributed by atoms with E-state index in [1.165, 1.54) is 11.8 Å². The monoisotopic (exact) mass is 360 g/mol. The number of amides is 1. The Hall–Kier alpha value is -1.81. The van der Waals surface area contributed by atoms with Gasteiger partial charge < -0.3 is 4.90 Å². The number of hydrogen-bond acceptors (Lipinski definition) is 5. The lowest BCUT2D eigenvalue weighted by Crippen LogP contribution is -2.47. The van der Waals surface area contributed by atoms with E-state index in [4.69, 9.17) is 16.9 Å². The van der Waals surface area contributed by atoms with Crippen LogP contribution in [0.15, 0.2) is 34.2 Å². The largest absolute Gasteiger partial charge is 0.348 e. The highest BCUT2D eigenvalue weighted by Gasteiger charge is 2.28. The maximum absolute atomic E-state index is 12.1. The van der Waals surface area contributed by atoms with Gasteiger partial charge in [0.15, 0.2) is 5.17 Å². The van der Waals surface area contributed by atoms with E-state index in [-0.39, 0.29) is 5.91 Å². The van der Waals surface area contributed by atoms with Crippen molar-refractivity contribution in [1.29, 1.82) is 5.26 Å². The van der Waals surface area contributed by atoms with Crippen molar-refractivity contribution < 1.29 is 4.79 Å². The van der Waals surface area contributed by atoms with E-state index in [9.17, 15) is 4.79 Å². The molecule has 1 fully saturated rings. The van der Waals surface area contributed by atoms with Gasteiger partial charge in [-0.25, -0.2) is 0 Å². The minimum atomic E-state index is -0.183. The van der Waals surface area contributed by atoms with Gasteiger partial charge in [0.25, 0.3) is 5.91 Å². The van der Waals surface area contributed by atoms with Crippen LogP contribution in [0.5, 0.6) is 0 Å². The Morgan fingerprint density at radius 3 is 2.62 bits per heavy atom. The van der Waals surface area contributed by atoms with E-state index in [0.29, 0.717) is 16.3 Å². The molecule has 0 saturated carbocycles. The Labute approximate surface area is 150 Å². The van der Waals surface area contributed by atoms with E-state index in [1.807, 2.05) is 18.2 Å². The van der Waals surface area contributed by atoms with Gasteiger partial charge in [-0.3, -0.25) is 9.69 Å². The van der Waals surface area contributed by atoms with Crippen LogP contribution in [-0.4, -0.2) is 53.6 Å². The Kier molecular flexibility index (Phi) is 5.56. The lowest BCUT2D eigenvalue weighted by atomic mass is 10.2. The van der Waals surface area contributed by atoms with E-state index in [1.54, 1.807) is 12.1 Å². The zero-order chi connectivity index (χ0) is 16.9. The van der Waals surface area contributed by atoms with Crippen molar-refractivity contribution in [2.45, 2.75) is 6.42 Å². The average Bonchev–Trinajstić information content (AvgIpc) is 2.96. The van der Waals surface area contributed by atoms with Crippen LogP contribution in [0.25, 0.3) is 6.08 Å². The van der Waals surface area contributed by atoms with Gasteiger partial charge in [-0.1, -0.05) is 23.7 Å². The third kappa shape index (κ3) is 4.18. The lowest BCUT2D eigenvalue weighted by Gasteiger charge is -2.34. The summed E-state index contributed by atoms with van der Waals surface area (Å²) in [6, 6.07) is 9.56. The molecule has 0 spiro atoms. The molecule has 0 bridgehead atoms. The number of carbonyl (C=O) groups is 1. The topological polar surface area (TPSA) is 59.7 Å². The first-order valence-electron chi connectivity index (χ1n) is 7.78. The van der Waals surface area contributed by atoms with Gasteiger partial charge in [-0.05, 0) is 35.5 Å². The number of halogens is 1. The van der Waals surface area contributed by atoms with E-state index in [2.05, 4.69) is 20.9 Å². The minimum absolute atomic E-state index is 0.183. The number of aliphatic imine (C=N–C) groups is 1. The summed E-state index contributed by atoms with van der Waals surface area (Å²) >= 11 is 7.31. The van der Waals surface area contributed by atoms with Crippen LogP contribution >= 0.6 is 23.4 Å². The number of thioether (sulfide) groups is 1. The summed E-state index contributed by atoms with van der Waals surface area (Å²) < 4.78 is 0. The van der Waals surface area contributed by atoms with Crippen molar-refractivity contribution in [3.8, 4) is 6.07 Å². The van der Waals surface area contributed by atoms with Gasteiger partial charge in [0, 0.05) is 44.2 Å². The maximum atomic E-state index is 12.1. The van der Waals surface area contributed by atoms with Gasteiger partial charge in [0.1, 0.15) is 0 Å². The van der Waals surface area contributed by atoms with E-state index in [0.717, 1.165) is 43.5 Å². The molecule has 2 heterocycles. The number of hydrogen-bond donors (Lipinski definition) is 0. The van der Waals surface area contributed by atoms with Crippen molar-refractivity contribution >= 4 is 40.5 Å². The number of nitriles is 1. The van der Waals surface area contributed by atoms with Crippen LogP contribution in [-0.2, 0) is 4.79 Å². The van der Waals surface area contributed by atoms with E-state index < -0.39 is 0 Å². The van der Waals surface area contributed by atoms with Gasteiger partial charge in [-0.2, -0.15) is 10.3 Å². The second kappa shape index (κ2) is 7.84. The molecule has 5 nitrogen and oxygen atoms in total. The summed E-state index contributed by atoms with van der Waals surface area (Å²) in [7, 11) is 0. The fourth-order valence-electron chi connectivity index (χ4n) is 2.61. The molecular weight excluding hydrogens is 344 g/mol. The molecule has 2 aliphatic rings. The Morgan fingerprint density at radius 1 is 1.25 bits per heavy atom. The van der Waals surface area contributed by atoms with Gasteiger partial charge in [0.2, 0.25) is 0 Å². The highest BCUT2D eigenvalue weighted by molar-refractivity contribution is 8.18. The highest BCUT2D eigenvalue weighted by atomic mass is 35.5. The third-order valence-electron chi connectivity index (χ3n) is 3.96. The molecule has 0 radical (unpaired) electrons. The molecule has 1 saturated heterocycles. The van der Waals surface area contributed by atoms with Gasteiger partial charge in [0.05, 0.1) is 11.0 Å². The molecular formula is C17H17ClN4OS. The zero-order valence-corrected chi connectivity index (χ0v) is 14.7. The Morgan fingerprint density at radius 2 is 1.96 bits per heavy atom. The second-order valence-electron chi connectivity index (χ2n) is 5.60. The summed E-state index contributed by atoms with van der Waals surface area (Å²) in [5, 5.41) is 10.1. The molecule has 1 amide bonds. The fourth-order valence-corrected chi connectivity index (χ4v) is 3.71. The summed E-state index contributed by atoms with van der Waals surface area (Å²) in [5.41, 5.74) is 0.938. The average molecular weight is 361 g/mol. The molecule has 0 aliphatic carbocycles. The fraction of sp³-hybridized carbons (Fsp3) is 0.353. The number of nitrogens with zero attached hydrogens (tertiary/aromatic N) is 4. The molecule has 3 rings (SSSR count). The predicted octanol–water partition coefficient (Wildman–Crippen LogP) is 2.84. The second-order valence-corrected chi connectivity index (χ2v) is 7.04. The molecule has 24 heavy (non-hydrogen) atoms. The van der Waals surface area contributed by atoms with Crippen LogP contribution in [0, 0.1) is 11.3 Å². The van der Waals surface area contributed by atoms with Gasteiger partial charge >= 0.3 is 0 Å². The number of carbonyl (C=O) groups excluding carboxylic acids is 1. The summed E-state index contributed by atoms with van der Waals surface area (Å²) in [5.74, 6) is -0.183. The first-order valence-corrected chi connectivity index (χ1v) is 8.97. The Balaban J connectivity index is 1.60. The first-order chi connectivity index (χ1) is 11.7. The van der Waals surface area contributed by atoms with Crippen LogP contribution < -0.4 is 0 Å². The van der Waals surface area contributed by atoms with Crippen molar-refractivity contribution in [3.63, 3.8) is 0 Å². The summed E-state index contributed by atoms with van der Waals surface area (Å²) in [6.07, 6.45) is 2.41. The molecule has 2 aliphatic heterocycles. The quantitative estimate of drug-likeness (QED) is 0.776.